The zero-order chi connectivity index (χ0) is 17.9. The summed E-state index contributed by atoms with van der Waals surface area (Å²) in [6.45, 7) is 8.23. The molecule has 4 nitrogen and oxygen atoms in total. The number of unbranched alkanes of at least 4 members (excludes halogenated alkanes) is 4. The lowest BCUT2D eigenvalue weighted by atomic mass is 9.74. The molecule has 0 amide bonds. The number of rotatable bonds is 14. The Morgan fingerprint density at radius 3 is 1.39 bits per heavy atom. The smallest absolute Gasteiger partial charge is 0.306 e. The van der Waals surface area contributed by atoms with E-state index in [4.69, 9.17) is 0 Å². The number of hydrogen-bond donors (Lipinski definition) is 2. The van der Waals surface area contributed by atoms with E-state index < -0.39 is 11.9 Å². The van der Waals surface area contributed by atoms with Gasteiger partial charge in [-0.25, -0.2) is 0 Å². The van der Waals surface area contributed by atoms with Crippen molar-refractivity contribution in [2.45, 2.75) is 91.9 Å². The van der Waals surface area contributed by atoms with Gasteiger partial charge in [-0.15, -0.1) is 0 Å². The summed E-state index contributed by atoms with van der Waals surface area (Å²) in [6.07, 6.45) is 8.64. The molecule has 0 bridgehead atoms. The van der Waals surface area contributed by atoms with Crippen molar-refractivity contribution in [3.63, 3.8) is 0 Å². The molecular formula is C19H36O4. The van der Waals surface area contributed by atoms with Gasteiger partial charge in [-0.2, -0.15) is 0 Å². The van der Waals surface area contributed by atoms with E-state index in [0.29, 0.717) is 25.7 Å². The Balaban J connectivity index is 4.64. The maximum atomic E-state index is 11.5. The van der Waals surface area contributed by atoms with Crippen LogP contribution in [0.4, 0.5) is 0 Å². The predicted molar refractivity (Wildman–Crippen MR) is 93.6 cm³/mol. The van der Waals surface area contributed by atoms with Crippen molar-refractivity contribution in [3.8, 4) is 0 Å². The van der Waals surface area contributed by atoms with Crippen LogP contribution < -0.4 is 0 Å². The van der Waals surface area contributed by atoms with Crippen LogP contribution in [0, 0.1) is 17.3 Å². The summed E-state index contributed by atoms with van der Waals surface area (Å²) in [5, 5.41) is 18.9. The van der Waals surface area contributed by atoms with Crippen molar-refractivity contribution in [1.29, 1.82) is 0 Å². The number of carbonyl (C=O) groups is 2. The summed E-state index contributed by atoms with van der Waals surface area (Å²) in [5.41, 5.74) is -0.259. The van der Waals surface area contributed by atoms with Gasteiger partial charge in [0.05, 0.1) is 11.8 Å². The van der Waals surface area contributed by atoms with Crippen molar-refractivity contribution < 1.29 is 19.8 Å². The maximum absolute atomic E-state index is 11.5. The fourth-order valence-corrected chi connectivity index (χ4v) is 3.32. The van der Waals surface area contributed by atoms with E-state index in [2.05, 4.69) is 13.8 Å². The second kappa shape index (κ2) is 11.5. The van der Waals surface area contributed by atoms with E-state index in [1.807, 2.05) is 13.8 Å². The van der Waals surface area contributed by atoms with Gasteiger partial charge in [-0.05, 0) is 31.1 Å². The highest BCUT2D eigenvalue weighted by molar-refractivity contribution is 5.70. The molecule has 0 radical (unpaired) electrons. The first kappa shape index (κ1) is 21.9. The highest BCUT2D eigenvalue weighted by Crippen LogP contribution is 2.36. The second-order valence-corrected chi connectivity index (χ2v) is 7.63. The Morgan fingerprint density at radius 1 is 0.783 bits per heavy atom. The van der Waals surface area contributed by atoms with Crippen LogP contribution in [0.3, 0.4) is 0 Å². The van der Waals surface area contributed by atoms with Gasteiger partial charge in [-0.3, -0.25) is 9.59 Å². The zero-order valence-electron chi connectivity index (χ0n) is 15.4. The molecule has 0 aromatic rings. The summed E-state index contributed by atoms with van der Waals surface area (Å²) < 4.78 is 0. The van der Waals surface area contributed by atoms with E-state index in [1.165, 1.54) is 0 Å². The first-order valence-electron chi connectivity index (χ1n) is 9.19. The molecule has 0 aliphatic rings. The molecule has 0 saturated carbocycles. The van der Waals surface area contributed by atoms with Crippen molar-refractivity contribution in [1.82, 2.24) is 0 Å². The average molecular weight is 328 g/mol. The second-order valence-electron chi connectivity index (χ2n) is 7.63. The topological polar surface area (TPSA) is 74.6 Å². The van der Waals surface area contributed by atoms with Crippen LogP contribution >= 0.6 is 0 Å². The highest BCUT2D eigenvalue weighted by atomic mass is 16.4. The van der Waals surface area contributed by atoms with Crippen LogP contribution in [-0.2, 0) is 9.59 Å². The molecule has 2 unspecified atom stereocenters. The van der Waals surface area contributed by atoms with Crippen LogP contribution in [0.5, 0.6) is 0 Å². The molecular weight excluding hydrogens is 292 g/mol. The molecule has 0 aliphatic heterocycles. The van der Waals surface area contributed by atoms with Crippen molar-refractivity contribution in [3.05, 3.63) is 0 Å². The van der Waals surface area contributed by atoms with Gasteiger partial charge in [-0.1, -0.05) is 66.2 Å². The third kappa shape index (κ3) is 10.4. The summed E-state index contributed by atoms with van der Waals surface area (Å²) in [6, 6.07) is 0. The molecule has 4 heteroatoms. The molecule has 2 atom stereocenters. The molecule has 136 valence electrons. The van der Waals surface area contributed by atoms with Crippen LogP contribution in [0.2, 0.25) is 0 Å². The highest BCUT2D eigenvalue weighted by Gasteiger charge is 2.32. The third-order valence-corrected chi connectivity index (χ3v) is 4.61. The summed E-state index contributed by atoms with van der Waals surface area (Å²) in [4.78, 5) is 23.0. The van der Waals surface area contributed by atoms with Crippen LogP contribution in [-0.4, -0.2) is 22.2 Å². The molecule has 0 fully saturated rings. The standard InChI is InChI=1S/C19H36O4/c1-5-7-9-11-15(17(20)21)13-19(3,4)14-16(18(22)23)12-10-8-6-2/h15-16H,5-14H2,1-4H3,(H,20,21)(H,22,23). The fraction of sp³-hybridized carbons (Fsp3) is 0.895. The van der Waals surface area contributed by atoms with Gasteiger partial charge in [0, 0.05) is 0 Å². The van der Waals surface area contributed by atoms with E-state index in [-0.39, 0.29) is 17.3 Å². The van der Waals surface area contributed by atoms with E-state index >= 15 is 0 Å². The fourth-order valence-electron chi connectivity index (χ4n) is 3.32. The minimum atomic E-state index is -0.743. The number of carboxylic acid groups (broad SMARTS) is 2. The van der Waals surface area contributed by atoms with Gasteiger partial charge in [0.15, 0.2) is 0 Å². The Bertz CT molecular complexity index is 317. The molecule has 0 spiro atoms. The van der Waals surface area contributed by atoms with E-state index in [1.54, 1.807) is 0 Å². The van der Waals surface area contributed by atoms with Crippen LogP contribution in [0.25, 0.3) is 0 Å². The van der Waals surface area contributed by atoms with Crippen molar-refractivity contribution in [2.75, 3.05) is 0 Å². The molecule has 23 heavy (non-hydrogen) atoms. The van der Waals surface area contributed by atoms with Crippen LogP contribution in [0.1, 0.15) is 91.9 Å². The Kier molecular flexibility index (Phi) is 10.9. The maximum Gasteiger partial charge on any atom is 0.306 e. The minimum Gasteiger partial charge on any atom is -0.481 e. The van der Waals surface area contributed by atoms with E-state index in [0.717, 1.165) is 38.5 Å². The first-order valence-corrected chi connectivity index (χ1v) is 9.19. The lowest BCUT2D eigenvalue weighted by Crippen LogP contribution is -2.28. The van der Waals surface area contributed by atoms with Gasteiger partial charge in [0.1, 0.15) is 0 Å². The Morgan fingerprint density at radius 2 is 1.13 bits per heavy atom. The van der Waals surface area contributed by atoms with Crippen molar-refractivity contribution in [2.24, 2.45) is 17.3 Å². The molecule has 0 saturated heterocycles. The van der Waals surface area contributed by atoms with Gasteiger partial charge in [0.2, 0.25) is 0 Å². The first-order chi connectivity index (χ1) is 10.7. The normalized spacial score (nSPS) is 14.4. The Labute approximate surface area is 141 Å². The lowest BCUT2D eigenvalue weighted by Gasteiger charge is -2.30. The van der Waals surface area contributed by atoms with Gasteiger partial charge >= 0.3 is 11.9 Å². The van der Waals surface area contributed by atoms with Crippen molar-refractivity contribution >= 4 is 11.9 Å². The molecule has 0 aromatic heterocycles. The summed E-state index contributed by atoms with van der Waals surface area (Å²) >= 11 is 0. The quantitative estimate of drug-likeness (QED) is 0.421. The summed E-state index contributed by atoms with van der Waals surface area (Å²) in [5.74, 6) is -2.21. The number of carboxylic acids is 2. The van der Waals surface area contributed by atoms with Crippen LogP contribution in [0.15, 0.2) is 0 Å². The van der Waals surface area contributed by atoms with E-state index in [9.17, 15) is 19.8 Å². The SMILES string of the molecule is CCCCCC(CC(C)(C)CC(CCCCC)C(=O)O)C(=O)O. The largest absolute Gasteiger partial charge is 0.481 e. The number of aliphatic carboxylic acids is 2. The molecule has 2 N–H and O–H groups in total. The molecule has 0 rings (SSSR count). The van der Waals surface area contributed by atoms with Gasteiger partial charge in [0.25, 0.3) is 0 Å². The zero-order valence-corrected chi connectivity index (χ0v) is 15.4. The Hall–Kier alpha value is -1.06. The molecule has 0 aliphatic carbocycles. The average Bonchev–Trinajstić information content (AvgIpc) is 2.45. The summed E-state index contributed by atoms with van der Waals surface area (Å²) in [7, 11) is 0. The number of hydrogen-bond acceptors (Lipinski definition) is 2. The lowest BCUT2D eigenvalue weighted by molar-refractivity contribution is -0.144. The minimum absolute atomic E-state index is 0.259. The third-order valence-electron chi connectivity index (χ3n) is 4.61. The molecule has 0 aromatic carbocycles. The van der Waals surface area contributed by atoms with Gasteiger partial charge < -0.3 is 10.2 Å². The molecule has 0 heterocycles. The monoisotopic (exact) mass is 328 g/mol. The predicted octanol–water partition coefficient (Wildman–Crippen LogP) is 5.36.